The van der Waals surface area contributed by atoms with Crippen LogP contribution in [0.5, 0.6) is 0 Å². The number of rotatable bonds is 3. The number of nitrogens with zero attached hydrogens (tertiary/aromatic N) is 1. The lowest BCUT2D eigenvalue weighted by Crippen LogP contribution is -2.37. The summed E-state index contributed by atoms with van der Waals surface area (Å²) in [5.74, 6) is 0.0577. The van der Waals surface area contributed by atoms with E-state index < -0.39 is 0 Å². The molecule has 4 heteroatoms. The van der Waals surface area contributed by atoms with E-state index in [4.69, 9.17) is 4.74 Å². The fourth-order valence-corrected chi connectivity index (χ4v) is 2.75. The second-order valence-electron chi connectivity index (χ2n) is 5.45. The summed E-state index contributed by atoms with van der Waals surface area (Å²) in [6, 6.07) is 7.75. The zero-order valence-electron chi connectivity index (χ0n) is 11.8. The molecule has 1 aromatic carbocycles. The van der Waals surface area contributed by atoms with Crippen molar-refractivity contribution in [2.75, 3.05) is 20.2 Å². The lowest BCUT2D eigenvalue weighted by atomic mass is 10.1. The minimum Gasteiger partial charge on any atom is -0.376 e. The fourth-order valence-electron chi connectivity index (χ4n) is 2.75. The molecule has 1 amide bonds. The number of nitrogens with one attached hydrogen (secondary N) is 1. The first kappa shape index (κ1) is 13.2. The van der Waals surface area contributed by atoms with Crippen LogP contribution in [0.25, 0.3) is 10.9 Å². The van der Waals surface area contributed by atoms with Gasteiger partial charge in [0.15, 0.2) is 0 Å². The topological polar surface area (TPSA) is 45.3 Å². The Balaban J connectivity index is 1.70. The smallest absolute Gasteiger partial charge is 0.253 e. The van der Waals surface area contributed by atoms with Crippen molar-refractivity contribution in [1.29, 1.82) is 0 Å². The SMILES string of the molecule is CN(CC1CCCCO1)C(=O)c1ccc2[nH]ccc2c1. The van der Waals surface area contributed by atoms with E-state index >= 15 is 0 Å². The zero-order valence-corrected chi connectivity index (χ0v) is 11.8. The molecule has 2 heterocycles. The van der Waals surface area contributed by atoms with Gasteiger partial charge in [-0.25, -0.2) is 0 Å². The third-order valence-corrected chi connectivity index (χ3v) is 3.90. The highest BCUT2D eigenvalue weighted by atomic mass is 16.5. The molecule has 1 fully saturated rings. The summed E-state index contributed by atoms with van der Waals surface area (Å²) in [5.41, 5.74) is 1.79. The number of carbonyl (C=O) groups excluding carboxylic acids is 1. The number of likely N-dealkylation sites (N-methyl/N-ethyl adjacent to an activating group) is 1. The van der Waals surface area contributed by atoms with Crippen molar-refractivity contribution in [3.8, 4) is 0 Å². The summed E-state index contributed by atoms with van der Waals surface area (Å²) in [6.45, 7) is 1.49. The van der Waals surface area contributed by atoms with Crippen LogP contribution in [-0.2, 0) is 4.74 Å². The quantitative estimate of drug-likeness (QED) is 0.933. The number of fused-ring (bicyclic) bond motifs is 1. The number of H-pyrrole nitrogens is 1. The molecule has 1 atom stereocenters. The summed E-state index contributed by atoms with van der Waals surface area (Å²) >= 11 is 0. The maximum atomic E-state index is 12.4. The number of aromatic amines is 1. The Morgan fingerprint density at radius 2 is 2.30 bits per heavy atom. The van der Waals surface area contributed by atoms with Gasteiger partial charge in [0.1, 0.15) is 0 Å². The van der Waals surface area contributed by atoms with Crippen LogP contribution in [-0.4, -0.2) is 42.1 Å². The maximum absolute atomic E-state index is 12.4. The Labute approximate surface area is 118 Å². The Hall–Kier alpha value is -1.81. The molecule has 0 aliphatic carbocycles. The van der Waals surface area contributed by atoms with Gasteiger partial charge in [0.25, 0.3) is 5.91 Å². The van der Waals surface area contributed by atoms with Crippen molar-refractivity contribution in [1.82, 2.24) is 9.88 Å². The Morgan fingerprint density at radius 3 is 3.10 bits per heavy atom. The van der Waals surface area contributed by atoms with Crippen LogP contribution >= 0.6 is 0 Å². The first-order valence-corrected chi connectivity index (χ1v) is 7.18. The molecule has 2 aromatic rings. The first-order valence-electron chi connectivity index (χ1n) is 7.18. The van der Waals surface area contributed by atoms with Crippen LogP contribution in [0.2, 0.25) is 0 Å². The van der Waals surface area contributed by atoms with E-state index in [9.17, 15) is 4.79 Å². The van der Waals surface area contributed by atoms with Gasteiger partial charge in [-0.3, -0.25) is 4.79 Å². The number of aromatic nitrogens is 1. The highest BCUT2D eigenvalue weighted by Gasteiger charge is 2.19. The first-order chi connectivity index (χ1) is 9.74. The molecule has 1 N–H and O–H groups in total. The number of hydrogen-bond donors (Lipinski definition) is 1. The molecular weight excluding hydrogens is 252 g/mol. The van der Waals surface area contributed by atoms with Crippen molar-refractivity contribution >= 4 is 16.8 Å². The van der Waals surface area contributed by atoms with Gasteiger partial charge in [0.05, 0.1) is 6.10 Å². The van der Waals surface area contributed by atoms with Crippen molar-refractivity contribution in [3.05, 3.63) is 36.0 Å². The van der Waals surface area contributed by atoms with Crippen LogP contribution in [0.4, 0.5) is 0 Å². The van der Waals surface area contributed by atoms with E-state index in [1.165, 1.54) is 6.42 Å². The third kappa shape index (κ3) is 2.70. The molecule has 106 valence electrons. The molecule has 1 aliphatic heterocycles. The van der Waals surface area contributed by atoms with E-state index in [0.29, 0.717) is 6.54 Å². The Bertz CT molecular complexity index is 599. The van der Waals surface area contributed by atoms with Crippen LogP contribution < -0.4 is 0 Å². The summed E-state index contributed by atoms with van der Waals surface area (Å²) < 4.78 is 5.69. The predicted octanol–water partition coefficient (Wildman–Crippen LogP) is 2.81. The molecule has 20 heavy (non-hydrogen) atoms. The van der Waals surface area contributed by atoms with Gasteiger partial charge < -0.3 is 14.6 Å². The Morgan fingerprint density at radius 1 is 1.40 bits per heavy atom. The van der Waals surface area contributed by atoms with Gasteiger partial charge in [0, 0.05) is 42.9 Å². The van der Waals surface area contributed by atoms with E-state index in [1.807, 2.05) is 37.5 Å². The fraction of sp³-hybridized carbons (Fsp3) is 0.438. The average Bonchev–Trinajstić information content (AvgIpc) is 2.94. The number of carbonyl (C=O) groups is 1. The van der Waals surface area contributed by atoms with Crippen LogP contribution in [0.1, 0.15) is 29.6 Å². The second kappa shape index (κ2) is 5.67. The molecule has 0 bridgehead atoms. The van der Waals surface area contributed by atoms with E-state index in [2.05, 4.69) is 4.98 Å². The van der Waals surface area contributed by atoms with E-state index in [-0.39, 0.29) is 12.0 Å². The zero-order chi connectivity index (χ0) is 13.9. The molecule has 1 saturated heterocycles. The van der Waals surface area contributed by atoms with E-state index in [0.717, 1.165) is 35.9 Å². The molecule has 0 spiro atoms. The summed E-state index contributed by atoms with van der Waals surface area (Å²) in [4.78, 5) is 17.3. The molecule has 1 unspecified atom stereocenters. The van der Waals surface area contributed by atoms with Gasteiger partial charge in [-0.15, -0.1) is 0 Å². The summed E-state index contributed by atoms with van der Waals surface area (Å²) in [7, 11) is 1.85. The number of amides is 1. The van der Waals surface area contributed by atoms with Crippen LogP contribution in [0.15, 0.2) is 30.5 Å². The Kier molecular flexibility index (Phi) is 3.74. The second-order valence-corrected chi connectivity index (χ2v) is 5.45. The van der Waals surface area contributed by atoms with E-state index in [1.54, 1.807) is 4.90 Å². The molecular formula is C16H20N2O2. The molecule has 1 aromatic heterocycles. The lowest BCUT2D eigenvalue weighted by Gasteiger charge is -2.27. The third-order valence-electron chi connectivity index (χ3n) is 3.90. The number of benzene rings is 1. The lowest BCUT2D eigenvalue weighted by molar-refractivity contribution is -0.000184. The minimum absolute atomic E-state index is 0.0577. The van der Waals surface area contributed by atoms with Crippen molar-refractivity contribution < 1.29 is 9.53 Å². The molecule has 1 aliphatic rings. The highest BCUT2D eigenvalue weighted by Crippen LogP contribution is 2.17. The predicted molar refractivity (Wildman–Crippen MR) is 78.9 cm³/mol. The monoisotopic (exact) mass is 272 g/mol. The normalized spacial score (nSPS) is 19.1. The highest BCUT2D eigenvalue weighted by molar-refractivity contribution is 5.97. The van der Waals surface area contributed by atoms with Gasteiger partial charge >= 0.3 is 0 Å². The number of hydrogen-bond acceptors (Lipinski definition) is 2. The standard InChI is InChI=1S/C16H20N2O2/c1-18(11-14-4-2-3-9-20-14)16(19)13-5-6-15-12(10-13)7-8-17-15/h5-8,10,14,17H,2-4,9,11H2,1H3. The molecule has 0 radical (unpaired) electrons. The molecule has 3 rings (SSSR count). The number of ether oxygens (including phenoxy) is 1. The molecule has 4 nitrogen and oxygen atoms in total. The van der Waals surface area contributed by atoms with Crippen molar-refractivity contribution in [2.24, 2.45) is 0 Å². The van der Waals surface area contributed by atoms with Gasteiger partial charge in [-0.1, -0.05) is 0 Å². The van der Waals surface area contributed by atoms with Gasteiger partial charge in [0.2, 0.25) is 0 Å². The van der Waals surface area contributed by atoms with Crippen molar-refractivity contribution in [3.63, 3.8) is 0 Å². The largest absolute Gasteiger partial charge is 0.376 e. The van der Waals surface area contributed by atoms with Gasteiger partial charge in [-0.2, -0.15) is 0 Å². The summed E-state index contributed by atoms with van der Waals surface area (Å²) in [5, 5.41) is 1.07. The molecule has 0 saturated carbocycles. The van der Waals surface area contributed by atoms with Crippen LogP contribution in [0.3, 0.4) is 0 Å². The summed E-state index contributed by atoms with van der Waals surface area (Å²) in [6.07, 6.45) is 5.46. The van der Waals surface area contributed by atoms with Gasteiger partial charge in [-0.05, 0) is 43.5 Å². The van der Waals surface area contributed by atoms with Crippen molar-refractivity contribution in [2.45, 2.75) is 25.4 Å². The minimum atomic E-state index is 0.0577. The average molecular weight is 272 g/mol. The maximum Gasteiger partial charge on any atom is 0.253 e. The van der Waals surface area contributed by atoms with Crippen LogP contribution in [0, 0.1) is 0 Å².